The maximum Gasteiger partial charge on any atom is 0.225 e. The van der Waals surface area contributed by atoms with E-state index in [1.807, 2.05) is 43.0 Å². The summed E-state index contributed by atoms with van der Waals surface area (Å²) in [6, 6.07) is 16.5. The van der Waals surface area contributed by atoms with Crippen LogP contribution in [-0.2, 0) is 4.79 Å². The first-order valence-corrected chi connectivity index (χ1v) is 11.2. The molecule has 1 amide bonds. The average Bonchev–Trinajstić information content (AvgIpc) is 3.24. The van der Waals surface area contributed by atoms with Crippen LogP contribution in [0.25, 0.3) is 27.9 Å². The van der Waals surface area contributed by atoms with Crippen molar-refractivity contribution in [2.45, 2.75) is 33.7 Å². The van der Waals surface area contributed by atoms with Crippen LogP contribution in [0.4, 0.5) is 5.95 Å². The Morgan fingerprint density at radius 3 is 2.50 bits per heavy atom. The molecule has 1 fully saturated rings. The maximum absolute atomic E-state index is 12.6. The summed E-state index contributed by atoms with van der Waals surface area (Å²) in [4.78, 5) is 21.9. The Morgan fingerprint density at radius 1 is 1.03 bits per heavy atom. The van der Waals surface area contributed by atoms with Gasteiger partial charge in [-0.05, 0) is 26.0 Å². The summed E-state index contributed by atoms with van der Waals surface area (Å²) in [7, 11) is 0. The van der Waals surface area contributed by atoms with E-state index in [1.54, 1.807) is 0 Å². The summed E-state index contributed by atoms with van der Waals surface area (Å²) in [6.45, 7) is 10.2. The third kappa shape index (κ3) is 3.38. The Kier molecular flexibility index (Phi) is 5.04. The van der Waals surface area contributed by atoms with E-state index in [1.165, 1.54) is 5.56 Å². The zero-order valence-corrected chi connectivity index (χ0v) is 19.0. The van der Waals surface area contributed by atoms with E-state index in [4.69, 9.17) is 4.98 Å². The fraction of sp³-hybridized carbons (Fsp3) is 0.360. The molecule has 1 aliphatic heterocycles. The number of piperazine rings is 1. The van der Waals surface area contributed by atoms with Crippen molar-refractivity contribution in [2.75, 3.05) is 24.5 Å². The Labute approximate surface area is 187 Å². The molecule has 4 aromatic rings. The van der Waals surface area contributed by atoms with Gasteiger partial charge in [-0.1, -0.05) is 55.8 Å². The topological polar surface area (TPSA) is 66.6 Å². The summed E-state index contributed by atoms with van der Waals surface area (Å²) in [5, 5.41) is 10.1. The lowest BCUT2D eigenvalue weighted by Crippen LogP contribution is -2.55. The van der Waals surface area contributed by atoms with E-state index in [0.717, 1.165) is 40.4 Å². The molecule has 1 saturated heterocycles. The van der Waals surface area contributed by atoms with Crippen LogP contribution in [0.2, 0.25) is 0 Å². The predicted molar refractivity (Wildman–Crippen MR) is 127 cm³/mol. The lowest BCUT2D eigenvalue weighted by molar-refractivity contribution is -0.136. The van der Waals surface area contributed by atoms with Crippen LogP contribution in [0.15, 0.2) is 48.5 Å². The first-order chi connectivity index (χ1) is 15.4. The minimum Gasteiger partial charge on any atom is -0.338 e. The molecule has 164 valence electrons. The molecule has 7 nitrogen and oxygen atoms in total. The molecule has 2 aromatic heterocycles. The fourth-order valence-electron chi connectivity index (χ4n) is 4.47. The number of amides is 1. The first-order valence-electron chi connectivity index (χ1n) is 11.2. The van der Waals surface area contributed by atoms with Crippen molar-refractivity contribution >= 4 is 28.4 Å². The maximum atomic E-state index is 12.6. The van der Waals surface area contributed by atoms with Gasteiger partial charge in [-0.2, -0.15) is 0 Å². The van der Waals surface area contributed by atoms with E-state index >= 15 is 0 Å². The highest BCUT2D eigenvalue weighted by Gasteiger charge is 2.31. The van der Waals surface area contributed by atoms with Gasteiger partial charge in [-0.15, -0.1) is 10.2 Å². The van der Waals surface area contributed by atoms with Crippen LogP contribution < -0.4 is 4.90 Å². The molecule has 0 N–H and O–H groups in total. The van der Waals surface area contributed by atoms with E-state index in [9.17, 15) is 4.79 Å². The third-order valence-electron chi connectivity index (χ3n) is 6.23. The van der Waals surface area contributed by atoms with E-state index in [0.29, 0.717) is 13.1 Å². The normalized spacial score (nSPS) is 17.0. The Bertz CT molecular complexity index is 1290. The molecule has 2 aromatic carbocycles. The van der Waals surface area contributed by atoms with Crippen molar-refractivity contribution in [3.05, 3.63) is 54.1 Å². The second-order valence-corrected chi connectivity index (χ2v) is 8.96. The van der Waals surface area contributed by atoms with E-state index < -0.39 is 0 Å². The number of hydrogen-bond donors (Lipinski definition) is 0. The standard InChI is InChI=1S/C25H28N6O/c1-16(2)24(32)30-14-13-29(15-18(30)4)25-26-21-8-6-5-7-20(21)23-28-27-22(31(23)25)19-11-9-17(3)10-12-19/h5-12,16,18H,13-15H2,1-4H3/t18-/m1/s1. The van der Waals surface area contributed by atoms with Crippen LogP contribution in [0.5, 0.6) is 0 Å². The molecule has 1 atom stereocenters. The predicted octanol–water partition coefficient (Wildman–Crippen LogP) is 3.95. The van der Waals surface area contributed by atoms with Crippen LogP contribution in [0.1, 0.15) is 26.3 Å². The van der Waals surface area contributed by atoms with Crippen molar-refractivity contribution in [3.63, 3.8) is 0 Å². The average molecular weight is 429 g/mol. The molecule has 1 aliphatic rings. The number of anilines is 1. The lowest BCUT2D eigenvalue weighted by atomic mass is 10.1. The number of carbonyl (C=O) groups excluding carboxylic acids is 1. The van der Waals surface area contributed by atoms with Gasteiger partial charge in [-0.3, -0.25) is 4.79 Å². The van der Waals surface area contributed by atoms with Gasteiger partial charge in [0, 0.05) is 42.5 Å². The molecule has 0 bridgehead atoms. The molecular formula is C25H28N6O. The van der Waals surface area contributed by atoms with Crippen molar-refractivity contribution < 1.29 is 4.79 Å². The first kappa shape index (κ1) is 20.4. The largest absolute Gasteiger partial charge is 0.338 e. The monoisotopic (exact) mass is 428 g/mol. The second kappa shape index (κ2) is 7.89. The molecule has 5 rings (SSSR count). The minimum atomic E-state index is 0.000453. The Balaban J connectivity index is 1.64. The number of fused-ring (bicyclic) bond motifs is 3. The summed E-state index contributed by atoms with van der Waals surface area (Å²) in [6.07, 6.45) is 0. The van der Waals surface area contributed by atoms with Crippen molar-refractivity contribution in [3.8, 4) is 11.4 Å². The molecule has 0 radical (unpaired) electrons. The number of hydrogen-bond acceptors (Lipinski definition) is 5. The molecule has 0 saturated carbocycles. The smallest absolute Gasteiger partial charge is 0.225 e. The van der Waals surface area contributed by atoms with Gasteiger partial charge >= 0.3 is 0 Å². The van der Waals surface area contributed by atoms with Gasteiger partial charge in [-0.25, -0.2) is 9.38 Å². The van der Waals surface area contributed by atoms with Crippen LogP contribution >= 0.6 is 0 Å². The van der Waals surface area contributed by atoms with Crippen molar-refractivity contribution in [1.82, 2.24) is 24.5 Å². The molecule has 32 heavy (non-hydrogen) atoms. The third-order valence-corrected chi connectivity index (χ3v) is 6.23. The van der Waals surface area contributed by atoms with Gasteiger partial charge in [0.05, 0.1) is 5.52 Å². The van der Waals surface area contributed by atoms with Crippen LogP contribution in [0, 0.1) is 12.8 Å². The SMILES string of the molecule is Cc1ccc(-c2nnc3c4ccccc4nc(N4CCN(C(=O)C(C)C)[C@H](C)C4)n23)cc1. The quantitative estimate of drug-likeness (QED) is 0.494. The Hall–Kier alpha value is -3.48. The zero-order chi connectivity index (χ0) is 22.4. The number of aromatic nitrogens is 4. The summed E-state index contributed by atoms with van der Waals surface area (Å²) < 4.78 is 2.07. The molecule has 7 heteroatoms. The number of benzene rings is 2. The fourth-order valence-corrected chi connectivity index (χ4v) is 4.47. The number of carbonyl (C=O) groups is 1. The van der Waals surface area contributed by atoms with E-state index in [2.05, 4.69) is 57.6 Å². The van der Waals surface area contributed by atoms with Gasteiger partial charge < -0.3 is 9.80 Å². The molecule has 0 unspecified atom stereocenters. The molecular weight excluding hydrogens is 400 g/mol. The van der Waals surface area contributed by atoms with Crippen molar-refractivity contribution in [2.24, 2.45) is 5.92 Å². The van der Waals surface area contributed by atoms with Crippen LogP contribution in [0.3, 0.4) is 0 Å². The molecule has 0 spiro atoms. The number of rotatable bonds is 3. The summed E-state index contributed by atoms with van der Waals surface area (Å²) >= 11 is 0. The Morgan fingerprint density at radius 2 is 1.78 bits per heavy atom. The highest BCUT2D eigenvalue weighted by atomic mass is 16.2. The summed E-state index contributed by atoms with van der Waals surface area (Å²) in [5.41, 5.74) is 3.90. The molecule has 3 heterocycles. The zero-order valence-electron chi connectivity index (χ0n) is 19.0. The van der Waals surface area contributed by atoms with Gasteiger partial charge in [0.2, 0.25) is 11.9 Å². The highest BCUT2D eigenvalue weighted by molar-refractivity contribution is 5.93. The van der Waals surface area contributed by atoms with Gasteiger partial charge in [0.25, 0.3) is 0 Å². The highest BCUT2D eigenvalue weighted by Crippen LogP contribution is 2.29. The number of aryl methyl sites for hydroxylation is 1. The number of nitrogens with zero attached hydrogens (tertiary/aromatic N) is 6. The minimum absolute atomic E-state index is 0.000453. The summed E-state index contributed by atoms with van der Waals surface area (Å²) in [5.74, 6) is 1.81. The second-order valence-electron chi connectivity index (χ2n) is 8.96. The van der Waals surface area contributed by atoms with Crippen molar-refractivity contribution in [1.29, 1.82) is 0 Å². The lowest BCUT2D eigenvalue weighted by Gasteiger charge is -2.41. The van der Waals surface area contributed by atoms with E-state index in [-0.39, 0.29) is 17.9 Å². The molecule has 0 aliphatic carbocycles. The number of para-hydroxylation sites is 1. The van der Waals surface area contributed by atoms with Gasteiger partial charge in [0.1, 0.15) is 0 Å². The van der Waals surface area contributed by atoms with Crippen LogP contribution in [-0.4, -0.2) is 56.1 Å². The van der Waals surface area contributed by atoms with Gasteiger partial charge in [0.15, 0.2) is 11.5 Å².